The molecule has 1 aliphatic rings. The Morgan fingerprint density at radius 1 is 1.18 bits per heavy atom. The summed E-state index contributed by atoms with van der Waals surface area (Å²) >= 11 is 0. The van der Waals surface area contributed by atoms with Gasteiger partial charge in [-0.1, -0.05) is 0 Å². The molecule has 2 N–H and O–H groups in total. The molecular weight excluding hydrogens is 280 g/mol. The smallest absolute Gasteiger partial charge is 0.254 e. The van der Waals surface area contributed by atoms with Gasteiger partial charge in [-0.25, -0.2) is 0 Å². The molecule has 0 atom stereocenters. The summed E-state index contributed by atoms with van der Waals surface area (Å²) in [5.41, 5.74) is 7.79. The van der Waals surface area contributed by atoms with Gasteiger partial charge in [-0.2, -0.15) is 0 Å². The molecule has 0 spiro atoms. The monoisotopic (exact) mass is 298 g/mol. The highest BCUT2D eigenvalue weighted by atomic mass is 16.5. The first-order valence-corrected chi connectivity index (χ1v) is 7.33. The average Bonchev–Trinajstić information content (AvgIpc) is 2.55. The molecule has 1 heterocycles. The highest BCUT2D eigenvalue weighted by Gasteiger charge is 2.21. The molecule has 1 aliphatic carbocycles. The van der Waals surface area contributed by atoms with Crippen molar-refractivity contribution in [2.75, 3.05) is 7.11 Å². The maximum atomic E-state index is 12.4. The summed E-state index contributed by atoms with van der Waals surface area (Å²) < 4.78 is 7.08. The van der Waals surface area contributed by atoms with E-state index >= 15 is 0 Å². The lowest BCUT2D eigenvalue weighted by atomic mass is 9.93. The number of fused-ring (bicyclic) bond motifs is 1. The van der Waals surface area contributed by atoms with Gasteiger partial charge >= 0.3 is 0 Å². The van der Waals surface area contributed by atoms with Crippen molar-refractivity contribution in [3.63, 3.8) is 0 Å². The SMILES string of the molecule is COc1ccc(-n2cc(C(N)=O)c(=O)c3c2CCCC3)cc1. The van der Waals surface area contributed by atoms with Gasteiger partial charge in [-0.15, -0.1) is 0 Å². The lowest BCUT2D eigenvalue weighted by Gasteiger charge is -2.22. The number of primary amides is 1. The molecular formula is C17H18N2O3. The third-order valence-electron chi connectivity index (χ3n) is 4.12. The molecule has 0 bridgehead atoms. The zero-order valence-electron chi connectivity index (χ0n) is 12.5. The Balaban J connectivity index is 2.23. The van der Waals surface area contributed by atoms with Crippen molar-refractivity contribution in [3.8, 4) is 11.4 Å². The Kier molecular flexibility index (Phi) is 3.71. The molecule has 1 amide bonds. The van der Waals surface area contributed by atoms with Crippen LogP contribution in [0.25, 0.3) is 5.69 Å². The van der Waals surface area contributed by atoms with Gasteiger partial charge < -0.3 is 15.0 Å². The Hall–Kier alpha value is -2.56. The van der Waals surface area contributed by atoms with Crippen LogP contribution in [0.4, 0.5) is 0 Å². The van der Waals surface area contributed by atoms with Crippen LogP contribution in [-0.4, -0.2) is 17.6 Å². The van der Waals surface area contributed by atoms with Crippen LogP contribution in [-0.2, 0) is 12.8 Å². The van der Waals surface area contributed by atoms with Crippen LogP contribution >= 0.6 is 0 Å². The van der Waals surface area contributed by atoms with Crippen molar-refractivity contribution in [1.82, 2.24) is 4.57 Å². The number of benzene rings is 1. The van der Waals surface area contributed by atoms with E-state index in [0.717, 1.165) is 42.0 Å². The van der Waals surface area contributed by atoms with E-state index in [-0.39, 0.29) is 11.0 Å². The van der Waals surface area contributed by atoms with Crippen molar-refractivity contribution in [3.05, 3.63) is 57.5 Å². The topological polar surface area (TPSA) is 74.3 Å². The second kappa shape index (κ2) is 5.67. The quantitative estimate of drug-likeness (QED) is 0.939. The number of nitrogens with two attached hydrogens (primary N) is 1. The molecule has 1 aromatic carbocycles. The molecule has 0 radical (unpaired) electrons. The Morgan fingerprint density at radius 3 is 2.50 bits per heavy atom. The number of carbonyl (C=O) groups is 1. The molecule has 5 heteroatoms. The van der Waals surface area contributed by atoms with Gasteiger partial charge in [0, 0.05) is 23.1 Å². The number of amides is 1. The Morgan fingerprint density at radius 2 is 1.86 bits per heavy atom. The molecule has 0 saturated carbocycles. The second-order valence-corrected chi connectivity index (χ2v) is 5.44. The van der Waals surface area contributed by atoms with Crippen molar-refractivity contribution in [2.45, 2.75) is 25.7 Å². The minimum absolute atomic E-state index is 0.0523. The van der Waals surface area contributed by atoms with Gasteiger partial charge in [0.05, 0.1) is 7.11 Å². The van der Waals surface area contributed by atoms with E-state index < -0.39 is 5.91 Å². The lowest BCUT2D eigenvalue weighted by Crippen LogP contribution is -2.30. The zero-order chi connectivity index (χ0) is 15.7. The number of hydrogen-bond donors (Lipinski definition) is 1. The predicted molar refractivity (Wildman–Crippen MR) is 83.8 cm³/mol. The number of aromatic nitrogens is 1. The molecule has 2 aromatic rings. The predicted octanol–water partition coefficient (Wildman–Crippen LogP) is 1.82. The number of methoxy groups -OCH3 is 1. The van der Waals surface area contributed by atoms with E-state index in [2.05, 4.69) is 0 Å². The third-order valence-corrected chi connectivity index (χ3v) is 4.12. The molecule has 0 saturated heterocycles. The third kappa shape index (κ3) is 2.39. The van der Waals surface area contributed by atoms with Crippen molar-refractivity contribution < 1.29 is 9.53 Å². The molecule has 0 aliphatic heterocycles. The highest BCUT2D eigenvalue weighted by molar-refractivity contribution is 5.92. The maximum Gasteiger partial charge on any atom is 0.254 e. The van der Waals surface area contributed by atoms with Crippen molar-refractivity contribution in [1.29, 1.82) is 0 Å². The summed E-state index contributed by atoms with van der Waals surface area (Å²) in [7, 11) is 1.61. The standard InChI is InChI=1S/C17H18N2O3/c1-22-12-8-6-11(7-9-12)19-10-14(17(18)21)16(20)13-4-2-3-5-15(13)19/h6-10H,2-5H2,1H3,(H2,18,21). The van der Waals surface area contributed by atoms with Crippen LogP contribution in [0.5, 0.6) is 5.75 Å². The van der Waals surface area contributed by atoms with E-state index in [9.17, 15) is 9.59 Å². The number of ether oxygens (including phenoxy) is 1. The Bertz CT molecular complexity index is 776. The van der Waals surface area contributed by atoms with Gasteiger partial charge in [0.2, 0.25) is 0 Å². The van der Waals surface area contributed by atoms with Crippen molar-refractivity contribution >= 4 is 5.91 Å². The minimum Gasteiger partial charge on any atom is -0.497 e. The fourth-order valence-electron chi connectivity index (χ4n) is 2.98. The van der Waals surface area contributed by atoms with Gasteiger partial charge in [-0.05, 0) is 49.9 Å². The number of hydrogen-bond acceptors (Lipinski definition) is 3. The molecule has 114 valence electrons. The van der Waals surface area contributed by atoms with E-state index in [1.54, 1.807) is 13.3 Å². The summed E-state index contributed by atoms with van der Waals surface area (Å²) in [4.78, 5) is 24.0. The van der Waals surface area contributed by atoms with E-state index in [4.69, 9.17) is 10.5 Å². The fraction of sp³-hybridized carbons (Fsp3) is 0.294. The molecule has 0 fully saturated rings. The van der Waals surface area contributed by atoms with Gasteiger partial charge in [0.25, 0.3) is 5.91 Å². The number of nitrogens with zero attached hydrogens (tertiary/aromatic N) is 1. The van der Waals surface area contributed by atoms with E-state index in [1.165, 1.54) is 0 Å². The van der Waals surface area contributed by atoms with Gasteiger partial charge in [0.15, 0.2) is 5.43 Å². The summed E-state index contributed by atoms with van der Waals surface area (Å²) in [6.07, 6.45) is 5.10. The largest absolute Gasteiger partial charge is 0.497 e. The van der Waals surface area contributed by atoms with Gasteiger partial charge in [0.1, 0.15) is 11.3 Å². The Labute approximate surface area is 128 Å². The average molecular weight is 298 g/mol. The van der Waals surface area contributed by atoms with Crippen LogP contribution in [0.2, 0.25) is 0 Å². The maximum absolute atomic E-state index is 12.4. The second-order valence-electron chi connectivity index (χ2n) is 5.44. The zero-order valence-corrected chi connectivity index (χ0v) is 12.5. The first-order valence-electron chi connectivity index (χ1n) is 7.33. The normalized spacial score (nSPS) is 13.5. The van der Waals surface area contributed by atoms with Crippen LogP contribution in [0, 0.1) is 0 Å². The minimum atomic E-state index is -0.680. The molecule has 3 rings (SSSR count). The first-order chi connectivity index (χ1) is 10.6. The summed E-state index contributed by atoms with van der Waals surface area (Å²) in [6.45, 7) is 0. The summed E-state index contributed by atoms with van der Waals surface area (Å²) in [6, 6.07) is 7.52. The van der Waals surface area contributed by atoms with Crippen molar-refractivity contribution in [2.24, 2.45) is 5.73 Å². The van der Waals surface area contributed by atoms with Gasteiger partial charge in [-0.3, -0.25) is 9.59 Å². The number of pyridine rings is 1. The fourth-order valence-corrected chi connectivity index (χ4v) is 2.98. The number of carbonyl (C=O) groups excluding carboxylic acids is 1. The van der Waals surface area contributed by atoms with Crippen LogP contribution in [0.15, 0.2) is 35.3 Å². The highest BCUT2D eigenvalue weighted by Crippen LogP contribution is 2.23. The van der Waals surface area contributed by atoms with E-state index in [0.29, 0.717) is 6.42 Å². The molecule has 22 heavy (non-hydrogen) atoms. The lowest BCUT2D eigenvalue weighted by molar-refractivity contribution is 0.0998. The molecule has 5 nitrogen and oxygen atoms in total. The summed E-state index contributed by atoms with van der Waals surface area (Å²) in [5.74, 6) is 0.0782. The molecule has 0 unspecified atom stereocenters. The van der Waals surface area contributed by atoms with Crippen LogP contribution < -0.4 is 15.9 Å². The van der Waals surface area contributed by atoms with Crippen LogP contribution in [0.1, 0.15) is 34.5 Å². The van der Waals surface area contributed by atoms with Crippen LogP contribution in [0.3, 0.4) is 0 Å². The first kappa shape index (κ1) is 14.4. The van der Waals surface area contributed by atoms with E-state index in [1.807, 2.05) is 28.8 Å². The number of rotatable bonds is 3. The molecule has 1 aromatic heterocycles. The summed E-state index contributed by atoms with van der Waals surface area (Å²) in [5, 5.41) is 0.